The first-order valence-corrected chi connectivity index (χ1v) is 8.65. The number of carbonyl (C=O) groups excluding carboxylic acids is 1. The van der Waals surface area contributed by atoms with E-state index in [2.05, 4.69) is 11.4 Å². The topological polar surface area (TPSA) is 68.3 Å². The molecule has 3 N–H and O–H groups in total. The van der Waals surface area contributed by atoms with Crippen molar-refractivity contribution in [1.29, 1.82) is 0 Å². The van der Waals surface area contributed by atoms with Crippen molar-refractivity contribution >= 4 is 17.5 Å². The Morgan fingerprint density at radius 1 is 1.08 bits per heavy atom. The van der Waals surface area contributed by atoms with Crippen molar-refractivity contribution in [1.82, 2.24) is 5.32 Å². The Morgan fingerprint density at radius 2 is 1.77 bits per heavy atom. The quantitative estimate of drug-likeness (QED) is 0.698. The molecule has 26 heavy (non-hydrogen) atoms. The number of primary amides is 1. The minimum absolute atomic E-state index is 0.186. The number of nitrogens with two attached hydrogens (primary N) is 1. The lowest BCUT2D eigenvalue weighted by atomic mass is 10.1. The Balaban J connectivity index is 0.000000197. The highest BCUT2D eigenvalue weighted by molar-refractivity contribution is 6.31. The second kappa shape index (κ2) is 9.22. The number of furan rings is 1. The molecule has 0 unspecified atom stereocenters. The normalized spacial score (nSPS) is 10.2. The van der Waals surface area contributed by atoms with Crippen molar-refractivity contribution in [2.24, 2.45) is 5.73 Å². The van der Waals surface area contributed by atoms with Crippen LogP contribution in [0.15, 0.2) is 59.0 Å². The van der Waals surface area contributed by atoms with E-state index in [0.29, 0.717) is 5.76 Å². The molecule has 2 aromatic carbocycles. The summed E-state index contributed by atoms with van der Waals surface area (Å²) in [6.45, 7) is 4.93. The molecule has 0 aliphatic heterocycles. The summed E-state index contributed by atoms with van der Waals surface area (Å²) in [5.74, 6) is 0.294. The molecule has 0 atom stereocenters. The van der Waals surface area contributed by atoms with Gasteiger partial charge < -0.3 is 15.5 Å². The Kier molecular flexibility index (Phi) is 7.01. The molecule has 0 radical (unpaired) electrons. The third kappa shape index (κ3) is 5.22. The maximum Gasteiger partial charge on any atom is 0.284 e. The van der Waals surface area contributed by atoms with Crippen LogP contribution in [0.4, 0.5) is 0 Å². The van der Waals surface area contributed by atoms with Crippen LogP contribution in [0.25, 0.3) is 11.3 Å². The average molecular weight is 371 g/mol. The van der Waals surface area contributed by atoms with Crippen LogP contribution in [0.5, 0.6) is 0 Å². The van der Waals surface area contributed by atoms with Crippen LogP contribution >= 0.6 is 11.6 Å². The highest BCUT2D eigenvalue weighted by atomic mass is 35.5. The van der Waals surface area contributed by atoms with E-state index in [1.807, 2.05) is 57.3 Å². The van der Waals surface area contributed by atoms with Crippen molar-refractivity contribution < 1.29 is 9.21 Å². The lowest BCUT2D eigenvalue weighted by molar-refractivity contribution is 0.0974. The summed E-state index contributed by atoms with van der Waals surface area (Å²) in [5, 5.41) is 3.94. The average Bonchev–Trinajstić information content (AvgIpc) is 3.11. The monoisotopic (exact) mass is 370 g/mol. The maximum absolute atomic E-state index is 10.8. The second-order valence-electron chi connectivity index (χ2n) is 5.95. The summed E-state index contributed by atoms with van der Waals surface area (Å²) in [4.78, 5) is 10.8. The van der Waals surface area contributed by atoms with Gasteiger partial charge >= 0.3 is 0 Å². The fraction of sp³-hybridized carbons (Fsp3) is 0.190. The van der Waals surface area contributed by atoms with Gasteiger partial charge in [-0.1, -0.05) is 53.6 Å². The fourth-order valence-electron chi connectivity index (χ4n) is 2.38. The van der Waals surface area contributed by atoms with E-state index < -0.39 is 5.91 Å². The van der Waals surface area contributed by atoms with Crippen LogP contribution in [0, 0.1) is 13.8 Å². The van der Waals surface area contributed by atoms with Crippen LogP contribution in [0.1, 0.15) is 27.2 Å². The first-order valence-electron chi connectivity index (χ1n) is 8.27. The van der Waals surface area contributed by atoms with Gasteiger partial charge in [-0.05, 0) is 50.2 Å². The van der Waals surface area contributed by atoms with Crippen LogP contribution in [0.2, 0.25) is 5.02 Å². The van der Waals surface area contributed by atoms with E-state index in [1.165, 1.54) is 16.7 Å². The zero-order chi connectivity index (χ0) is 19.1. The summed E-state index contributed by atoms with van der Waals surface area (Å²) in [5.41, 5.74) is 9.65. The van der Waals surface area contributed by atoms with Gasteiger partial charge in [0.25, 0.3) is 5.91 Å². The SMILES string of the molecule is CNCc1cccc(Cl)c1C.Cc1ccc(-c2ccc(C(N)=O)o2)cc1. The summed E-state index contributed by atoms with van der Waals surface area (Å²) in [6, 6.07) is 17.2. The lowest BCUT2D eigenvalue weighted by Gasteiger charge is -2.05. The number of amides is 1. The Morgan fingerprint density at radius 3 is 2.35 bits per heavy atom. The van der Waals surface area contributed by atoms with E-state index in [0.717, 1.165) is 17.1 Å². The molecule has 0 aliphatic rings. The van der Waals surface area contributed by atoms with Crippen LogP contribution < -0.4 is 11.1 Å². The fourth-order valence-corrected chi connectivity index (χ4v) is 2.57. The van der Waals surface area contributed by atoms with E-state index in [9.17, 15) is 4.79 Å². The number of carbonyl (C=O) groups is 1. The van der Waals surface area contributed by atoms with Crippen LogP contribution in [-0.4, -0.2) is 13.0 Å². The van der Waals surface area contributed by atoms with Gasteiger partial charge in [0.15, 0.2) is 5.76 Å². The molecule has 0 aliphatic carbocycles. The predicted molar refractivity (Wildman–Crippen MR) is 106 cm³/mol. The number of nitrogens with one attached hydrogen (secondary N) is 1. The molecule has 1 amide bonds. The van der Waals surface area contributed by atoms with E-state index in [4.69, 9.17) is 21.8 Å². The van der Waals surface area contributed by atoms with E-state index in [1.54, 1.807) is 12.1 Å². The van der Waals surface area contributed by atoms with Crippen molar-refractivity contribution in [3.63, 3.8) is 0 Å². The standard InChI is InChI=1S/C12H11NO2.C9H12ClN/c1-8-2-4-9(5-3-8)10-6-7-11(15-10)12(13)14;1-7-8(6-11-2)4-3-5-9(7)10/h2-7H,1H3,(H2,13,14);3-5,11H,6H2,1-2H3. The molecular weight excluding hydrogens is 348 g/mol. The van der Waals surface area contributed by atoms with Crippen molar-refractivity contribution in [2.45, 2.75) is 20.4 Å². The Bertz CT molecular complexity index is 870. The number of benzene rings is 2. The van der Waals surface area contributed by atoms with Gasteiger partial charge in [0.1, 0.15) is 5.76 Å². The molecule has 3 rings (SSSR count). The van der Waals surface area contributed by atoms with Crippen molar-refractivity contribution in [2.75, 3.05) is 7.05 Å². The van der Waals surface area contributed by atoms with Crippen LogP contribution in [0.3, 0.4) is 0 Å². The summed E-state index contributed by atoms with van der Waals surface area (Å²) in [6.07, 6.45) is 0. The lowest BCUT2D eigenvalue weighted by Crippen LogP contribution is -2.09. The van der Waals surface area contributed by atoms with Gasteiger partial charge in [0.2, 0.25) is 0 Å². The summed E-state index contributed by atoms with van der Waals surface area (Å²) >= 11 is 5.92. The van der Waals surface area contributed by atoms with Gasteiger partial charge in [-0.25, -0.2) is 0 Å². The summed E-state index contributed by atoms with van der Waals surface area (Å²) in [7, 11) is 1.93. The Labute approximate surface area is 159 Å². The molecule has 0 spiro atoms. The minimum Gasteiger partial charge on any atom is -0.451 e. The largest absolute Gasteiger partial charge is 0.451 e. The first-order chi connectivity index (χ1) is 12.4. The highest BCUT2D eigenvalue weighted by Crippen LogP contribution is 2.22. The van der Waals surface area contributed by atoms with Gasteiger partial charge in [-0.2, -0.15) is 0 Å². The number of aryl methyl sites for hydroxylation is 1. The summed E-state index contributed by atoms with van der Waals surface area (Å²) < 4.78 is 5.30. The third-order valence-corrected chi connectivity index (χ3v) is 4.34. The number of hydrogen-bond acceptors (Lipinski definition) is 3. The van der Waals surface area contributed by atoms with Crippen molar-refractivity contribution in [3.8, 4) is 11.3 Å². The maximum atomic E-state index is 10.8. The van der Waals surface area contributed by atoms with Gasteiger partial charge in [0, 0.05) is 17.1 Å². The molecule has 0 saturated carbocycles. The molecular formula is C21H23ClN2O2. The molecule has 0 bridgehead atoms. The van der Waals surface area contributed by atoms with E-state index in [-0.39, 0.29) is 5.76 Å². The molecule has 3 aromatic rings. The molecule has 5 heteroatoms. The molecule has 1 aromatic heterocycles. The molecule has 4 nitrogen and oxygen atoms in total. The second-order valence-corrected chi connectivity index (χ2v) is 6.36. The molecule has 0 fully saturated rings. The Hall–Kier alpha value is -2.56. The highest BCUT2D eigenvalue weighted by Gasteiger charge is 2.08. The molecule has 136 valence electrons. The van der Waals surface area contributed by atoms with Crippen LogP contribution in [-0.2, 0) is 6.54 Å². The molecule has 0 saturated heterocycles. The van der Waals surface area contributed by atoms with E-state index >= 15 is 0 Å². The number of hydrogen-bond donors (Lipinski definition) is 2. The molecule has 1 heterocycles. The smallest absolute Gasteiger partial charge is 0.284 e. The third-order valence-electron chi connectivity index (χ3n) is 3.93. The van der Waals surface area contributed by atoms with Gasteiger partial charge in [-0.3, -0.25) is 4.79 Å². The number of halogens is 1. The van der Waals surface area contributed by atoms with Gasteiger partial charge in [-0.15, -0.1) is 0 Å². The first kappa shape index (κ1) is 19.8. The van der Waals surface area contributed by atoms with Gasteiger partial charge in [0.05, 0.1) is 0 Å². The number of rotatable bonds is 4. The zero-order valence-electron chi connectivity index (χ0n) is 15.2. The predicted octanol–water partition coefficient (Wildman–Crippen LogP) is 4.72. The zero-order valence-corrected chi connectivity index (χ0v) is 15.9. The van der Waals surface area contributed by atoms with Crippen molar-refractivity contribution in [3.05, 3.63) is 82.1 Å². The minimum atomic E-state index is -0.548.